The monoisotopic (exact) mass is 642 g/mol. The average molecular weight is 644 g/mol. The molecule has 0 aliphatic carbocycles. The lowest BCUT2D eigenvalue weighted by molar-refractivity contribution is -0.119. The van der Waals surface area contributed by atoms with Crippen molar-refractivity contribution in [1.29, 1.82) is 0 Å². The van der Waals surface area contributed by atoms with Crippen LogP contribution in [0, 0.1) is 20.8 Å². The zero-order chi connectivity index (χ0) is 29.0. The molecule has 1 amide bonds. The number of benzene rings is 3. The van der Waals surface area contributed by atoms with Gasteiger partial charge in [-0.3, -0.25) is 9.10 Å². The number of methoxy groups -OCH3 is 1. The molecule has 0 saturated heterocycles. The highest BCUT2D eigenvalue weighted by Gasteiger charge is 2.28. The number of rotatable bonds is 9. The van der Waals surface area contributed by atoms with Gasteiger partial charge >= 0.3 is 0 Å². The van der Waals surface area contributed by atoms with Crippen LogP contribution >= 0.6 is 27.5 Å². The molecule has 1 heterocycles. The van der Waals surface area contributed by atoms with Gasteiger partial charge < -0.3 is 9.30 Å². The van der Waals surface area contributed by atoms with Crippen LogP contribution in [0.4, 0.5) is 5.69 Å². The lowest BCUT2D eigenvalue weighted by Gasteiger charge is -2.24. The van der Waals surface area contributed by atoms with Crippen LogP contribution in [0.1, 0.15) is 22.5 Å². The fourth-order valence-corrected chi connectivity index (χ4v) is 6.47. The number of hydrazone groups is 1. The van der Waals surface area contributed by atoms with Crippen molar-refractivity contribution in [2.45, 2.75) is 25.7 Å². The second-order valence-electron chi connectivity index (χ2n) is 9.08. The highest BCUT2D eigenvalue weighted by atomic mass is 79.9. The van der Waals surface area contributed by atoms with Gasteiger partial charge in [-0.05, 0) is 97.4 Å². The number of hydrogen-bond donors (Lipinski definition) is 1. The smallest absolute Gasteiger partial charge is 0.264 e. The standard InChI is InChI=1S/C29H28BrClN4O4S/c1-19-5-9-24(10-6-19)34(40(37,38)26-13-14-28(39-4)27(30)16-26)18-29(36)33-32-17-22-15-20(2)35(21(22)3)25-11-7-23(31)8-12-25/h5-17H,18H2,1-4H3,(H,33,36)/b32-17-. The number of ether oxygens (including phenoxy) is 1. The molecule has 0 saturated carbocycles. The predicted octanol–water partition coefficient (Wildman–Crippen LogP) is 6.17. The number of amides is 1. The molecule has 40 heavy (non-hydrogen) atoms. The topological polar surface area (TPSA) is 93.0 Å². The van der Waals surface area contributed by atoms with Gasteiger partial charge in [-0.15, -0.1) is 0 Å². The van der Waals surface area contributed by atoms with E-state index in [0.717, 1.165) is 32.5 Å². The maximum atomic E-state index is 13.7. The van der Waals surface area contributed by atoms with Crippen LogP contribution in [0.25, 0.3) is 5.69 Å². The van der Waals surface area contributed by atoms with Crippen molar-refractivity contribution in [3.8, 4) is 11.4 Å². The van der Waals surface area contributed by atoms with E-state index in [1.165, 1.54) is 25.5 Å². The van der Waals surface area contributed by atoms with E-state index >= 15 is 0 Å². The largest absolute Gasteiger partial charge is 0.496 e. The first-order valence-electron chi connectivity index (χ1n) is 12.2. The molecular formula is C29H28BrClN4O4S. The Morgan fingerprint density at radius 2 is 1.73 bits per heavy atom. The fraction of sp³-hybridized carbons (Fsp3) is 0.172. The third kappa shape index (κ3) is 6.41. The van der Waals surface area contributed by atoms with Gasteiger partial charge in [-0.1, -0.05) is 29.3 Å². The zero-order valence-electron chi connectivity index (χ0n) is 22.4. The number of aryl methyl sites for hydroxylation is 2. The molecule has 8 nitrogen and oxygen atoms in total. The van der Waals surface area contributed by atoms with Crippen molar-refractivity contribution in [1.82, 2.24) is 9.99 Å². The fourth-order valence-electron chi connectivity index (χ4n) is 4.21. The SMILES string of the molecule is COc1ccc(S(=O)(=O)N(CC(=O)N/N=C\c2cc(C)n(-c3ccc(Cl)cc3)c2C)c2ccc(C)cc2)cc1Br. The van der Waals surface area contributed by atoms with E-state index in [1.54, 1.807) is 30.3 Å². The first-order chi connectivity index (χ1) is 19.0. The minimum absolute atomic E-state index is 0.00619. The molecule has 0 fully saturated rings. The van der Waals surface area contributed by atoms with Crippen molar-refractivity contribution in [2.75, 3.05) is 18.0 Å². The third-order valence-corrected chi connectivity index (χ3v) is 8.91. The molecule has 1 aromatic heterocycles. The summed E-state index contributed by atoms with van der Waals surface area (Å²) >= 11 is 9.37. The maximum Gasteiger partial charge on any atom is 0.264 e. The molecule has 0 atom stereocenters. The van der Waals surface area contributed by atoms with Gasteiger partial charge in [0.25, 0.3) is 15.9 Å². The van der Waals surface area contributed by atoms with E-state index in [1.807, 2.05) is 51.1 Å². The van der Waals surface area contributed by atoms with Gasteiger partial charge in [0, 0.05) is 27.7 Å². The summed E-state index contributed by atoms with van der Waals surface area (Å²) in [5, 5.41) is 4.76. The number of carbonyl (C=O) groups is 1. The molecular weight excluding hydrogens is 616 g/mol. The van der Waals surface area contributed by atoms with Crippen LogP contribution in [0.5, 0.6) is 5.75 Å². The Balaban J connectivity index is 1.56. The second kappa shape index (κ2) is 12.3. The van der Waals surface area contributed by atoms with E-state index < -0.39 is 22.5 Å². The van der Waals surface area contributed by atoms with E-state index in [0.29, 0.717) is 20.9 Å². The summed E-state index contributed by atoms with van der Waals surface area (Å²) in [6.45, 7) is 5.34. The van der Waals surface area contributed by atoms with Crippen molar-refractivity contribution in [2.24, 2.45) is 5.10 Å². The van der Waals surface area contributed by atoms with Gasteiger partial charge in [-0.25, -0.2) is 13.8 Å². The van der Waals surface area contributed by atoms with Crippen molar-refractivity contribution >= 4 is 55.4 Å². The molecule has 0 bridgehead atoms. The number of nitrogens with one attached hydrogen (secondary N) is 1. The van der Waals surface area contributed by atoms with Crippen LogP contribution < -0.4 is 14.5 Å². The maximum absolute atomic E-state index is 13.7. The number of carbonyl (C=O) groups excluding carboxylic acids is 1. The molecule has 0 spiro atoms. The molecule has 11 heteroatoms. The van der Waals surface area contributed by atoms with E-state index in [-0.39, 0.29) is 4.90 Å². The Hall–Kier alpha value is -3.60. The number of nitrogens with zero attached hydrogens (tertiary/aromatic N) is 3. The Kier molecular flexibility index (Phi) is 9.02. The molecule has 3 aromatic carbocycles. The van der Waals surface area contributed by atoms with E-state index in [2.05, 4.69) is 31.0 Å². The van der Waals surface area contributed by atoms with E-state index in [4.69, 9.17) is 16.3 Å². The Morgan fingerprint density at radius 1 is 1.05 bits per heavy atom. The highest BCUT2D eigenvalue weighted by molar-refractivity contribution is 9.10. The minimum atomic E-state index is -4.11. The first-order valence-corrected chi connectivity index (χ1v) is 14.8. The van der Waals surface area contributed by atoms with E-state index in [9.17, 15) is 13.2 Å². The molecule has 0 aliphatic rings. The Morgan fingerprint density at radius 3 is 2.35 bits per heavy atom. The van der Waals surface area contributed by atoms with Crippen LogP contribution in [-0.4, -0.2) is 38.8 Å². The molecule has 4 aromatic rings. The normalized spacial score (nSPS) is 11.6. The molecule has 0 unspecified atom stereocenters. The summed E-state index contributed by atoms with van der Waals surface area (Å²) in [6, 6.07) is 20.8. The summed E-state index contributed by atoms with van der Waals surface area (Å²) in [5.41, 5.74) is 7.43. The van der Waals surface area contributed by atoms with Gasteiger partial charge in [0.2, 0.25) is 0 Å². The number of anilines is 1. The number of hydrogen-bond acceptors (Lipinski definition) is 5. The second-order valence-corrected chi connectivity index (χ2v) is 12.2. The number of aromatic nitrogens is 1. The molecule has 4 rings (SSSR count). The summed E-state index contributed by atoms with van der Waals surface area (Å²) in [5.74, 6) is -0.108. The van der Waals surface area contributed by atoms with Gasteiger partial charge in [-0.2, -0.15) is 5.10 Å². The quantitative estimate of drug-likeness (QED) is 0.174. The molecule has 1 N–H and O–H groups in total. The number of halogens is 2. The predicted molar refractivity (Wildman–Crippen MR) is 162 cm³/mol. The van der Waals surface area contributed by atoms with Crippen molar-refractivity contribution < 1.29 is 17.9 Å². The highest BCUT2D eigenvalue weighted by Crippen LogP contribution is 2.31. The van der Waals surface area contributed by atoms with Gasteiger partial charge in [0.05, 0.1) is 28.4 Å². The van der Waals surface area contributed by atoms with Crippen LogP contribution in [0.2, 0.25) is 5.02 Å². The van der Waals surface area contributed by atoms with Crippen molar-refractivity contribution in [3.63, 3.8) is 0 Å². The molecule has 208 valence electrons. The summed E-state index contributed by atoms with van der Waals surface area (Å²) < 4.78 is 36.2. The van der Waals surface area contributed by atoms with Crippen LogP contribution in [0.15, 0.2) is 87.3 Å². The lowest BCUT2D eigenvalue weighted by Crippen LogP contribution is -2.39. The molecule has 0 radical (unpaired) electrons. The Bertz CT molecular complexity index is 1670. The van der Waals surface area contributed by atoms with Crippen LogP contribution in [0.3, 0.4) is 0 Å². The summed E-state index contributed by atoms with van der Waals surface area (Å²) in [6.07, 6.45) is 1.54. The average Bonchev–Trinajstić information content (AvgIpc) is 3.20. The van der Waals surface area contributed by atoms with Gasteiger partial charge in [0.15, 0.2) is 0 Å². The number of sulfonamides is 1. The molecule has 0 aliphatic heterocycles. The first kappa shape index (κ1) is 29.4. The lowest BCUT2D eigenvalue weighted by atomic mass is 10.2. The Labute approximate surface area is 247 Å². The zero-order valence-corrected chi connectivity index (χ0v) is 25.5. The van der Waals surface area contributed by atoms with Gasteiger partial charge in [0.1, 0.15) is 12.3 Å². The van der Waals surface area contributed by atoms with Crippen LogP contribution in [-0.2, 0) is 14.8 Å². The van der Waals surface area contributed by atoms with Crippen molar-refractivity contribution in [3.05, 3.63) is 105 Å². The summed E-state index contributed by atoms with van der Waals surface area (Å²) in [7, 11) is -2.61. The minimum Gasteiger partial charge on any atom is -0.496 e. The third-order valence-electron chi connectivity index (χ3n) is 6.27. The summed E-state index contributed by atoms with van der Waals surface area (Å²) in [4.78, 5) is 13.0.